The van der Waals surface area contributed by atoms with Gasteiger partial charge in [0.1, 0.15) is 10.6 Å². The summed E-state index contributed by atoms with van der Waals surface area (Å²) in [6, 6.07) is 1.80. The lowest BCUT2D eigenvalue weighted by molar-refractivity contribution is 0.152. The normalized spacial score (nSPS) is 11.2. The van der Waals surface area contributed by atoms with Crippen LogP contribution in [0.4, 0.5) is 20.5 Å². The lowest BCUT2D eigenvalue weighted by Crippen LogP contribution is -2.32. The molecule has 2 N–H and O–H groups in total. The van der Waals surface area contributed by atoms with Crippen LogP contribution in [0.3, 0.4) is 0 Å². The molecule has 2 aromatic heterocycles. The Morgan fingerprint density at radius 3 is 2.89 bits per heavy atom. The third-order valence-corrected chi connectivity index (χ3v) is 3.36. The van der Waals surface area contributed by atoms with Gasteiger partial charge in [-0.05, 0) is 11.4 Å². The van der Waals surface area contributed by atoms with E-state index < -0.39 is 13.0 Å². The van der Waals surface area contributed by atoms with E-state index in [1.165, 1.54) is 16.2 Å². The SMILES string of the molecule is CNc1nc(N(CCO)CC(F)F)c2ccsc2n1. The molecule has 0 spiro atoms. The maximum absolute atomic E-state index is 12.6. The average Bonchev–Trinajstić information content (AvgIpc) is 2.84. The van der Waals surface area contributed by atoms with Gasteiger partial charge in [-0.1, -0.05) is 0 Å². The second kappa shape index (κ2) is 6.07. The quantitative estimate of drug-likeness (QED) is 0.848. The van der Waals surface area contributed by atoms with Gasteiger partial charge < -0.3 is 15.3 Å². The highest BCUT2D eigenvalue weighted by molar-refractivity contribution is 7.16. The lowest BCUT2D eigenvalue weighted by atomic mass is 10.3. The number of hydrogen-bond donors (Lipinski definition) is 2. The number of thiophene rings is 1. The zero-order chi connectivity index (χ0) is 13.8. The van der Waals surface area contributed by atoms with Crippen molar-refractivity contribution < 1.29 is 13.9 Å². The number of halogens is 2. The van der Waals surface area contributed by atoms with E-state index in [1.807, 2.05) is 5.38 Å². The van der Waals surface area contributed by atoms with Crippen molar-refractivity contribution in [3.63, 3.8) is 0 Å². The summed E-state index contributed by atoms with van der Waals surface area (Å²) in [5.41, 5.74) is 0. The Bertz CT molecular complexity index is 548. The fraction of sp³-hybridized carbons (Fsp3) is 0.455. The van der Waals surface area contributed by atoms with Crippen molar-refractivity contribution in [2.75, 3.05) is 37.0 Å². The van der Waals surface area contributed by atoms with Gasteiger partial charge in [0, 0.05) is 13.6 Å². The summed E-state index contributed by atoms with van der Waals surface area (Å²) in [4.78, 5) is 10.6. The predicted molar refractivity (Wildman–Crippen MR) is 72.3 cm³/mol. The van der Waals surface area contributed by atoms with Crippen LogP contribution < -0.4 is 10.2 Å². The van der Waals surface area contributed by atoms with Crippen molar-refractivity contribution >= 4 is 33.3 Å². The molecule has 104 valence electrons. The van der Waals surface area contributed by atoms with Gasteiger partial charge in [0.05, 0.1) is 18.5 Å². The number of aromatic nitrogens is 2. The van der Waals surface area contributed by atoms with Crippen LogP contribution in [-0.2, 0) is 0 Å². The number of nitrogens with one attached hydrogen (secondary N) is 1. The third kappa shape index (κ3) is 3.07. The maximum Gasteiger partial charge on any atom is 0.255 e. The molecule has 0 bridgehead atoms. The molecule has 2 heterocycles. The van der Waals surface area contributed by atoms with E-state index in [1.54, 1.807) is 13.1 Å². The van der Waals surface area contributed by atoms with Gasteiger partial charge in [0.15, 0.2) is 0 Å². The van der Waals surface area contributed by atoms with Gasteiger partial charge >= 0.3 is 0 Å². The molecule has 2 rings (SSSR count). The molecule has 0 aliphatic rings. The van der Waals surface area contributed by atoms with Gasteiger partial charge in [0.25, 0.3) is 6.43 Å². The molecule has 0 aliphatic heterocycles. The Balaban J connectivity index is 2.46. The Hall–Kier alpha value is -1.54. The summed E-state index contributed by atoms with van der Waals surface area (Å²) >= 11 is 1.42. The molecular weight excluding hydrogens is 274 g/mol. The molecule has 0 fully saturated rings. The fourth-order valence-electron chi connectivity index (χ4n) is 1.76. The standard InChI is InChI=1S/C11H14F2N4OS/c1-14-11-15-9(7-2-5-19-10(7)16-11)17(3-4-18)6-8(12)13/h2,5,8,18H,3-4,6H2,1H3,(H,14,15,16). The molecule has 0 saturated heterocycles. The first-order valence-electron chi connectivity index (χ1n) is 5.72. The highest BCUT2D eigenvalue weighted by Gasteiger charge is 2.18. The Morgan fingerprint density at radius 2 is 2.26 bits per heavy atom. The van der Waals surface area contributed by atoms with Crippen molar-refractivity contribution in [3.8, 4) is 0 Å². The van der Waals surface area contributed by atoms with Crippen molar-refractivity contribution in [1.29, 1.82) is 0 Å². The molecular formula is C11H14F2N4OS. The summed E-state index contributed by atoms with van der Waals surface area (Å²) in [5, 5.41) is 14.4. The summed E-state index contributed by atoms with van der Waals surface area (Å²) in [6.45, 7) is -0.571. The average molecular weight is 288 g/mol. The molecule has 19 heavy (non-hydrogen) atoms. The monoisotopic (exact) mass is 288 g/mol. The molecule has 5 nitrogen and oxygen atoms in total. The minimum atomic E-state index is -2.49. The highest BCUT2D eigenvalue weighted by atomic mass is 32.1. The minimum absolute atomic E-state index is 0.107. The van der Waals surface area contributed by atoms with Gasteiger partial charge in [-0.2, -0.15) is 4.98 Å². The summed E-state index contributed by atoms with van der Waals surface area (Å²) in [7, 11) is 1.67. The first kappa shape index (κ1) is 13.9. The number of alkyl halides is 2. The summed E-state index contributed by atoms with van der Waals surface area (Å²) in [5.74, 6) is 0.798. The van der Waals surface area contributed by atoms with E-state index in [-0.39, 0.29) is 13.2 Å². The van der Waals surface area contributed by atoms with Crippen molar-refractivity contribution in [1.82, 2.24) is 9.97 Å². The van der Waals surface area contributed by atoms with E-state index in [4.69, 9.17) is 5.11 Å². The molecule has 0 radical (unpaired) electrons. The Morgan fingerprint density at radius 1 is 1.47 bits per heavy atom. The van der Waals surface area contributed by atoms with E-state index >= 15 is 0 Å². The van der Waals surface area contributed by atoms with Crippen LogP contribution in [-0.4, -0.2) is 48.2 Å². The van der Waals surface area contributed by atoms with Gasteiger partial charge in [-0.3, -0.25) is 0 Å². The van der Waals surface area contributed by atoms with Crippen LogP contribution >= 0.6 is 11.3 Å². The summed E-state index contributed by atoms with van der Waals surface area (Å²) in [6.07, 6.45) is -2.49. The number of hydrogen-bond acceptors (Lipinski definition) is 6. The maximum atomic E-state index is 12.6. The van der Waals surface area contributed by atoms with E-state index in [0.717, 1.165) is 10.2 Å². The Labute approximate surface area is 112 Å². The molecule has 0 amide bonds. The number of rotatable bonds is 6. The lowest BCUT2D eigenvalue weighted by Gasteiger charge is -2.23. The molecule has 0 unspecified atom stereocenters. The molecule has 0 saturated carbocycles. The topological polar surface area (TPSA) is 61.3 Å². The molecule has 0 aromatic carbocycles. The third-order valence-electron chi connectivity index (χ3n) is 2.56. The highest BCUT2D eigenvalue weighted by Crippen LogP contribution is 2.29. The van der Waals surface area contributed by atoms with Crippen molar-refractivity contribution in [2.45, 2.75) is 6.43 Å². The molecule has 0 aliphatic carbocycles. The van der Waals surface area contributed by atoms with Crippen LogP contribution in [0.2, 0.25) is 0 Å². The van der Waals surface area contributed by atoms with Crippen LogP contribution in [0.5, 0.6) is 0 Å². The second-order valence-corrected chi connectivity index (χ2v) is 4.72. The van der Waals surface area contributed by atoms with Gasteiger partial charge in [-0.15, -0.1) is 11.3 Å². The largest absolute Gasteiger partial charge is 0.395 e. The number of fused-ring (bicyclic) bond motifs is 1. The van der Waals surface area contributed by atoms with Gasteiger partial charge in [-0.25, -0.2) is 13.8 Å². The fourth-order valence-corrected chi connectivity index (χ4v) is 2.52. The van der Waals surface area contributed by atoms with Crippen LogP contribution in [0.25, 0.3) is 10.2 Å². The van der Waals surface area contributed by atoms with Crippen LogP contribution in [0.1, 0.15) is 0 Å². The van der Waals surface area contributed by atoms with Crippen molar-refractivity contribution in [3.05, 3.63) is 11.4 Å². The molecule has 8 heteroatoms. The van der Waals surface area contributed by atoms with E-state index in [0.29, 0.717) is 11.8 Å². The van der Waals surface area contributed by atoms with Crippen molar-refractivity contribution in [2.24, 2.45) is 0 Å². The second-order valence-electron chi connectivity index (χ2n) is 3.82. The number of aliphatic hydroxyl groups is 1. The van der Waals surface area contributed by atoms with Crippen LogP contribution in [0, 0.1) is 0 Å². The minimum Gasteiger partial charge on any atom is -0.395 e. The number of anilines is 2. The molecule has 2 aromatic rings. The van der Waals surface area contributed by atoms with Gasteiger partial charge in [0.2, 0.25) is 5.95 Å². The van der Waals surface area contributed by atoms with E-state index in [2.05, 4.69) is 15.3 Å². The Kier molecular flexibility index (Phi) is 4.43. The molecule has 0 atom stereocenters. The number of aliphatic hydroxyl groups excluding tert-OH is 1. The zero-order valence-electron chi connectivity index (χ0n) is 10.3. The smallest absolute Gasteiger partial charge is 0.255 e. The predicted octanol–water partition coefficient (Wildman–Crippen LogP) is 1.80. The first-order valence-corrected chi connectivity index (χ1v) is 6.60. The number of nitrogens with zero attached hydrogens (tertiary/aromatic N) is 3. The van der Waals surface area contributed by atoms with E-state index in [9.17, 15) is 8.78 Å². The first-order chi connectivity index (χ1) is 9.15. The zero-order valence-corrected chi connectivity index (χ0v) is 11.1. The summed E-state index contributed by atoms with van der Waals surface area (Å²) < 4.78 is 25.2. The van der Waals surface area contributed by atoms with Crippen LogP contribution in [0.15, 0.2) is 11.4 Å².